The molecule has 0 N–H and O–H groups in total. The summed E-state index contributed by atoms with van der Waals surface area (Å²) >= 11 is 1.36. The molecule has 1 unspecified atom stereocenters. The minimum Gasteiger partial charge on any atom is -0.468 e. The monoisotopic (exact) mass is 657 g/mol. The third kappa shape index (κ3) is 11.3. The van der Waals surface area contributed by atoms with Crippen molar-refractivity contribution in [3.05, 3.63) is 132 Å². The number of hydrogen-bond donors (Lipinski definition) is 0. The Balaban J connectivity index is 1.31. The number of benzene rings is 3. The molecule has 1 aromatic heterocycles. The SMILES string of the molecule is COC(=O)C(C[C@@H](C)O[C@@H]1C[C@@H](OCc2ccccc2)[C@H](OCc2ccccc2)[C@@H](COCc2ccccc2)O1)Sc1ccccn1. The maximum absolute atomic E-state index is 12.7. The number of methoxy groups -OCH3 is 1. The van der Waals surface area contributed by atoms with Crippen LogP contribution in [0.15, 0.2) is 120 Å². The van der Waals surface area contributed by atoms with Crippen molar-refractivity contribution in [3.8, 4) is 0 Å². The van der Waals surface area contributed by atoms with Crippen molar-refractivity contribution in [2.75, 3.05) is 13.7 Å². The van der Waals surface area contributed by atoms with E-state index >= 15 is 0 Å². The second kappa shape index (κ2) is 18.7. The normalized spacial score (nSPS) is 20.7. The van der Waals surface area contributed by atoms with Gasteiger partial charge >= 0.3 is 5.97 Å². The van der Waals surface area contributed by atoms with Gasteiger partial charge in [-0.25, -0.2) is 4.98 Å². The van der Waals surface area contributed by atoms with Crippen LogP contribution in [0.1, 0.15) is 36.5 Å². The molecule has 0 spiro atoms. The van der Waals surface area contributed by atoms with Crippen LogP contribution >= 0.6 is 11.8 Å². The summed E-state index contributed by atoms with van der Waals surface area (Å²) < 4.78 is 37.5. The van der Waals surface area contributed by atoms with Crippen molar-refractivity contribution < 1.29 is 33.2 Å². The molecule has 1 saturated heterocycles. The first-order chi connectivity index (χ1) is 23.1. The van der Waals surface area contributed by atoms with Crippen LogP contribution in [-0.2, 0) is 53.0 Å². The first kappa shape index (κ1) is 34.8. The summed E-state index contributed by atoms with van der Waals surface area (Å²) in [7, 11) is 1.40. The fourth-order valence-corrected chi connectivity index (χ4v) is 6.53. The molecule has 6 atom stereocenters. The van der Waals surface area contributed by atoms with Gasteiger partial charge in [-0.05, 0) is 42.2 Å². The summed E-state index contributed by atoms with van der Waals surface area (Å²) in [5.41, 5.74) is 3.20. The van der Waals surface area contributed by atoms with E-state index in [1.165, 1.54) is 18.9 Å². The van der Waals surface area contributed by atoms with Crippen molar-refractivity contribution in [2.24, 2.45) is 0 Å². The fraction of sp³-hybridized carbons (Fsp3) is 0.368. The number of carbonyl (C=O) groups is 1. The molecule has 9 heteroatoms. The van der Waals surface area contributed by atoms with Gasteiger partial charge in [0.15, 0.2) is 6.29 Å². The van der Waals surface area contributed by atoms with Crippen molar-refractivity contribution in [3.63, 3.8) is 0 Å². The lowest BCUT2D eigenvalue weighted by atomic mass is 10.0. The van der Waals surface area contributed by atoms with Crippen molar-refractivity contribution in [1.29, 1.82) is 0 Å². The zero-order chi connectivity index (χ0) is 32.7. The van der Waals surface area contributed by atoms with Gasteiger partial charge in [0.1, 0.15) is 17.5 Å². The first-order valence-electron chi connectivity index (χ1n) is 16.0. The number of pyridine rings is 1. The third-order valence-electron chi connectivity index (χ3n) is 7.76. The molecule has 3 aromatic carbocycles. The number of carbonyl (C=O) groups excluding carboxylic acids is 1. The molecule has 4 aromatic rings. The van der Waals surface area contributed by atoms with E-state index in [1.807, 2.05) is 116 Å². The van der Waals surface area contributed by atoms with Crippen LogP contribution < -0.4 is 0 Å². The zero-order valence-corrected chi connectivity index (χ0v) is 27.7. The quantitative estimate of drug-likeness (QED) is 0.0879. The number of nitrogens with zero attached hydrogens (tertiary/aromatic N) is 1. The Bertz CT molecular complexity index is 1450. The maximum atomic E-state index is 12.7. The van der Waals surface area contributed by atoms with E-state index in [1.54, 1.807) is 6.20 Å². The van der Waals surface area contributed by atoms with E-state index in [0.29, 0.717) is 32.7 Å². The summed E-state index contributed by atoms with van der Waals surface area (Å²) in [5.74, 6) is -0.327. The number of esters is 1. The largest absolute Gasteiger partial charge is 0.468 e. The van der Waals surface area contributed by atoms with Crippen LogP contribution in [0.25, 0.3) is 0 Å². The van der Waals surface area contributed by atoms with Crippen LogP contribution in [0, 0.1) is 0 Å². The Hall–Kier alpha value is -3.57. The summed E-state index contributed by atoms with van der Waals surface area (Å²) in [6.07, 6.45) is 0.413. The highest BCUT2D eigenvalue weighted by Crippen LogP contribution is 2.31. The maximum Gasteiger partial charge on any atom is 0.319 e. The predicted molar refractivity (Wildman–Crippen MR) is 180 cm³/mol. The Morgan fingerprint density at radius 1 is 0.830 bits per heavy atom. The molecule has 1 fully saturated rings. The Labute approximate surface area is 281 Å². The summed E-state index contributed by atoms with van der Waals surface area (Å²) in [5, 5.41) is 0.248. The van der Waals surface area contributed by atoms with E-state index in [4.69, 9.17) is 28.4 Å². The van der Waals surface area contributed by atoms with E-state index < -0.39 is 23.7 Å². The highest BCUT2D eigenvalue weighted by atomic mass is 32.2. The third-order valence-corrected chi connectivity index (χ3v) is 8.92. The van der Waals surface area contributed by atoms with Gasteiger partial charge in [-0.2, -0.15) is 0 Å². The second-order valence-electron chi connectivity index (χ2n) is 11.4. The van der Waals surface area contributed by atoms with Gasteiger partial charge in [-0.3, -0.25) is 4.79 Å². The van der Waals surface area contributed by atoms with Gasteiger partial charge in [0.2, 0.25) is 0 Å². The lowest BCUT2D eigenvalue weighted by molar-refractivity contribution is -0.287. The van der Waals surface area contributed by atoms with Crippen molar-refractivity contribution in [2.45, 2.75) is 80.6 Å². The lowest BCUT2D eigenvalue weighted by Gasteiger charge is -2.42. The molecule has 0 amide bonds. The van der Waals surface area contributed by atoms with Gasteiger partial charge < -0.3 is 28.4 Å². The van der Waals surface area contributed by atoms with Gasteiger partial charge in [-0.1, -0.05) is 109 Å². The zero-order valence-electron chi connectivity index (χ0n) is 26.9. The molecule has 5 rings (SSSR count). The lowest BCUT2D eigenvalue weighted by Crippen LogP contribution is -2.53. The predicted octanol–water partition coefficient (Wildman–Crippen LogP) is 7.01. The van der Waals surface area contributed by atoms with Gasteiger partial charge in [-0.15, -0.1) is 0 Å². The summed E-state index contributed by atoms with van der Waals surface area (Å²) in [4.78, 5) is 17.1. The first-order valence-corrected chi connectivity index (χ1v) is 16.8. The van der Waals surface area contributed by atoms with E-state index in [-0.39, 0.29) is 24.8 Å². The number of hydrogen-bond acceptors (Lipinski definition) is 9. The van der Waals surface area contributed by atoms with Crippen LogP contribution in [0.4, 0.5) is 0 Å². The number of rotatable bonds is 17. The Morgan fingerprint density at radius 2 is 1.43 bits per heavy atom. The van der Waals surface area contributed by atoms with Crippen LogP contribution in [0.5, 0.6) is 0 Å². The summed E-state index contributed by atoms with van der Waals surface area (Å²) in [6.45, 7) is 3.49. The molecule has 47 heavy (non-hydrogen) atoms. The molecule has 0 saturated carbocycles. The standard InChI is InChI=1S/C38H43NO7S/c1-28(22-34(38(40)41-2)47-35-20-12-13-21-39-35)45-36-23-32(43-25-30-16-8-4-9-17-30)37(44-26-31-18-10-5-11-19-31)33(46-36)27-42-24-29-14-6-3-7-15-29/h3-21,28,32-34,36-37H,22-27H2,1-2H3/t28-,32-,33-,34?,36+,37+/m1/s1. The van der Waals surface area contributed by atoms with Crippen LogP contribution in [0.3, 0.4) is 0 Å². The van der Waals surface area contributed by atoms with E-state index in [2.05, 4.69) is 4.98 Å². The molecular formula is C38H43NO7S. The van der Waals surface area contributed by atoms with E-state index in [9.17, 15) is 4.79 Å². The number of thioether (sulfide) groups is 1. The van der Waals surface area contributed by atoms with Gasteiger partial charge in [0.05, 0.1) is 50.8 Å². The smallest absolute Gasteiger partial charge is 0.319 e. The van der Waals surface area contributed by atoms with Gasteiger partial charge in [0, 0.05) is 12.6 Å². The second-order valence-corrected chi connectivity index (χ2v) is 12.6. The molecule has 1 aliphatic heterocycles. The van der Waals surface area contributed by atoms with E-state index in [0.717, 1.165) is 21.7 Å². The topological polar surface area (TPSA) is 85.3 Å². The van der Waals surface area contributed by atoms with Crippen LogP contribution in [-0.4, -0.2) is 60.6 Å². The molecule has 2 heterocycles. The molecule has 0 aliphatic carbocycles. The van der Waals surface area contributed by atoms with Crippen LogP contribution in [0.2, 0.25) is 0 Å². The fourth-order valence-electron chi connectivity index (χ4n) is 5.40. The van der Waals surface area contributed by atoms with Crippen molar-refractivity contribution in [1.82, 2.24) is 4.98 Å². The molecule has 1 aliphatic rings. The average Bonchev–Trinajstić information content (AvgIpc) is 3.11. The molecule has 0 bridgehead atoms. The summed E-state index contributed by atoms with van der Waals surface area (Å²) in [6, 6.07) is 35.8. The van der Waals surface area contributed by atoms with Crippen molar-refractivity contribution >= 4 is 17.7 Å². The minimum absolute atomic E-state index is 0.286. The highest BCUT2D eigenvalue weighted by molar-refractivity contribution is 8.00. The molecule has 0 radical (unpaired) electrons. The average molecular weight is 658 g/mol. The molecular weight excluding hydrogens is 614 g/mol. The highest BCUT2D eigenvalue weighted by Gasteiger charge is 2.42. The molecule has 248 valence electrons. The Morgan fingerprint density at radius 3 is 2.02 bits per heavy atom. The number of aromatic nitrogens is 1. The number of ether oxygens (including phenoxy) is 6. The Kier molecular flexibility index (Phi) is 13.8. The minimum atomic E-state index is -0.606. The molecule has 8 nitrogen and oxygen atoms in total. The van der Waals surface area contributed by atoms with Gasteiger partial charge in [0.25, 0.3) is 0 Å².